The molecule has 0 radical (unpaired) electrons. The normalized spacial score (nSPS) is 16.3. The van der Waals surface area contributed by atoms with Gasteiger partial charge in [0.1, 0.15) is 0 Å². The number of benzene rings is 2. The predicted octanol–water partition coefficient (Wildman–Crippen LogP) is 4.61. The molecule has 0 unspecified atom stereocenters. The fraction of sp³-hybridized carbons (Fsp3) is 0. The van der Waals surface area contributed by atoms with Crippen molar-refractivity contribution in [1.82, 2.24) is 0 Å². The molecule has 2 aromatic carbocycles. The Morgan fingerprint density at radius 2 is 1.59 bits per heavy atom. The molecular weight excluding hydrogens is 319 g/mol. The maximum absolute atomic E-state index is 12.5. The summed E-state index contributed by atoms with van der Waals surface area (Å²) in [4.78, 5) is 24.6. The molecule has 0 saturated carbocycles. The summed E-state index contributed by atoms with van der Waals surface area (Å²) in [5.41, 5.74) is 1.95. The average Bonchev–Trinajstić information content (AvgIpc) is 2.80. The number of carbonyl (C=O) groups excluding carboxylic acids is 2. The van der Waals surface area contributed by atoms with E-state index in [1.54, 1.807) is 36.4 Å². The topological polar surface area (TPSA) is 34.1 Å². The highest BCUT2D eigenvalue weighted by atomic mass is 35.5. The Balaban J connectivity index is 1.97. The summed E-state index contributed by atoms with van der Waals surface area (Å²) in [6, 6.07) is 14.1. The van der Waals surface area contributed by atoms with Gasteiger partial charge in [0, 0.05) is 5.57 Å². The van der Waals surface area contributed by atoms with E-state index in [0.717, 1.165) is 5.56 Å². The van der Waals surface area contributed by atoms with Crippen LogP contribution in [0.1, 0.15) is 11.1 Å². The third-order valence-corrected chi connectivity index (χ3v) is 4.11. The van der Waals surface area contributed by atoms with Crippen molar-refractivity contribution in [2.45, 2.75) is 0 Å². The summed E-state index contributed by atoms with van der Waals surface area (Å²) in [5, 5.41) is 0.807. The van der Waals surface area contributed by atoms with Crippen molar-refractivity contribution < 1.29 is 9.59 Å². The van der Waals surface area contributed by atoms with Gasteiger partial charge in [-0.1, -0.05) is 59.6 Å². The summed E-state index contributed by atoms with van der Waals surface area (Å²) >= 11 is 11.8. The Hall–Kier alpha value is -2.16. The quantitative estimate of drug-likeness (QED) is 0.595. The summed E-state index contributed by atoms with van der Waals surface area (Å²) < 4.78 is 0. The van der Waals surface area contributed by atoms with E-state index in [1.165, 1.54) is 6.08 Å². The molecule has 0 saturated heterocycles. The first-order valence-electron chi connectivity index (χ1n) is 6.59. The summed E-state index contributed by atoms with van der Waals surface area (Å²) in [6.45, 7) is 0. The number of Topliss-reactive ketones (excluding diaryl/α,β-unsaturated/α-hetero) is 1. The van der Waals surface area contributed by atoms with Crippen LogP contribution in [0.2, 0.25) is 10.0 Å². The van der Waals surface area contributed by atoms with E-state index in [2.05, 4.69) is 0 Å². The van der Waals surface area contributed by atoms with Crippen LogP contribution in [0.25, 0.3) is 11.6 Å². The lowest BCUT2D eigenvalue weighted by atomic mass is 10.0. The van der Waals surface area contributed by atoms with Gasteiger partial charge in [-0.05, 0) is 35.4 Å². The van der Waals surface area contributed by atoms with Crippen LogP contribution in [-0.2, 0) is 9.59 Å². The Morgan fingerprint density at radius 3 is 2.27 bits per heavy atom. The first-order chi connectivity index (χ1) is 10.6. The van der Waals surface area contributed by atoms with E-state index >= 15 is 0 Å². The van der Waals surface area contributed by atoms with E-state index in [9.17, 15) is 9.59 Å². The van der Waals surface area contributed by atoms with Gasteiger partial charge in [-0.25, -0.2) is 0 Å². The Kier molecular flexibility index (Phi) is 3.97. The van der Waals surface area contributed by atoms with Gasteiger partial charge in [0.05, 0.1) is 15.6 Å². The van der Waals surface area contributed by atoms with Gasteiger partial charge in [-0.2, -0.15) is 0 Å². The molecule has 2 nitrogen and oxygen atoms in total. The molecule has 1 aliphatic carbocycles. The minimum atomic E-state index is -0.296. The second kappa shape index (κ2) is 5.91. The lowest BCUT2D eigenvalue weighted by molar-refractivity contribution is -0.114. The zero-order chi connectivity index (χ0) is 15.7. The van der Waals surface area contributed by atoms with Crippen molar-refractivity contribution in [3.63, 3.8) is 0 Å². The third kappa shape index (κ3) is 2.76. The van der Waals surface area contributed by atoms with Gasteiger partial charge in [0.15, 0.2) is 11.6 Å². The SMILES string of the molecule is O=C1C=C(c2ccccc2)C(=O)/C1=C\c1ccc(Cl)c(Cl)c1. The molecule has 1 aliphatic rings. The van der Waals surface area contributed by atoms with Crippen LogP contribution >= 0.6 is 23.2 Å². The number of ketones is 2. The fourth-order valence-corrected chi connectivity index (χ4v) is 2.58. The lowest BCUT2D eigenvalue weighted by Gasteiger charge is -2.01. The minimum Gasteiger partial charge on any atom is -0.289 e. The van der Waals surface area contributed by atoms with Crippen LogP contribution in [0.15, 0.2) is 60.2 Å². The lowest BCUT2D eigenvalue weighted by Crippen LogP contribution is -2.03. The third-order valence-electron chi connectivity index (χ3n) is 3.37. The van der Waals surface area contributed by atoms with E-state index in [-0.39, 0.29) is 17.1 Å². The number of hydrogen-bond donors (Lipinski definition) is 0. The molecule has 0 amide bonds. The molecule has 0 aromatic heterocycles. The zero-order valence-electron chi connectivity index (χ0n) is 11.3. The zero-order valence-corrected chi connectivity index (χ0v) is 12.9. The highest BCUT2D eigenvalue weighted by Gasteiger charge is 2.28. The van der Waals surface area contributed by atoms with Gasteiger partial charge in [-0.15, -0.1) is 0 Å². The molecular formula is C18H10Cl2O2. The molecule has 0 N–H and O–H groups in total. The second-order valence-corrected chi connectivity index (χ2v) is 5.66. The molecule has 4 heteroatoms. The predicted molar refractivity (Wildman–Crippen MR) is 88.9 cm³/mol. The monoisotopic (exact) mass is 328 g/mol. The molecule has 3 rings (SSSR count). The highest BCUT2D eigenvalue weighted by molar-refractivity contribution is 6.49. The van der Waals surface area contributed by atoms with E-state index in [0.29, 0.717) is 21.2 Å². The van der Waals surface area contributed by atoms with Crippen molar-refractivity contribution in [2.75, 3.05) is 0 Å². The van der Waals surface area contributed by atoms with Crippen LogP contribution in [0.5, 0.6) is 0 Å². The van der Waals surface area contributed by atoms with Crippen LogP contribution < -0.4 is 0 Å². The smallest absolute Gasteiger partial charge is 0.197 e. The molecule has 0 aliphatic heterocycles. The average molecular weight is 329 g/mol. The Labute approximate surface area is 137 Å². The first-order valence-corrected chi connectivity index (χ1v) is 7.35. The molecule has 0 bridgehead atoms. The molecule has 0 atom stereocenters. The minimum absolute atomic E-state index is 0.136. The van der Waals surface area contributed by atoms with Crippen molar-refractivity contribution >= 4 is 46.4 Å². The van der Waals surface area contributed by atoms with Gasteiger partial charge < -0.3 is 0 Å². The number of carbonyl (C=O) groups is 2. The van der Waals surface area contributed by atoms with E-state index in [1.807, 2.05) is 18.2 Å². The largest absolute Gasteiger partial charge is 0.289 e. The first kappa shape index (κ1) is 14.8. The van der Waals surface area contributed by atoms with Crippen LogP contribution in [0, 0.1) is 0 Å². The summed E-state index contributed by atoms with van der Waals surface area (Å²) in [5.74, 6) is -0.572. The fourth-order valence-electron chi connectivity index (χ4n) is 2.27. The van der Waals surface area contributed by atoms with Crippen LogP contribution in [-0.4, -0.2) is 11.6 Å². The number of rotatable bonds is 2. The summed E-state index contributed by atoms with van der Waals surface area (Å²) in [6.07, 6.45) is 2.92. The molecule has 0 spiro atoms. The molecule has 0 heterocycles. The van der Waals surface area contributed by atoms with E-state index in [4.69, 9.17) is 23.2 Å². The second-order valence-electron chi connectivity index (χ2n) is 4.85. The number of halogens is 2. The van der Waals surface area contributed by atoms with Gasteiger partial charge in [-0.3, -0.25) is 9.59 Å². The van der Waals surface area contributed by atoms with Gasteiger partial charge in [0.25, 0.3) is 0 Å². The Bertz CT molecular complexity index is 833. The van der Waals surface area contributed by atoms with Crippen molar-refractivity contribution in [2.24, 2.45) is 0 Å². The van der Waals surface area contributed by atoms with Crippen molar-refractivity contribution in [1.29, 1.82) is 0 Å². The standard InChI is InChI=1S/C18H10Cl2O2/c19-15-7-6-11(9-16(15)20)8-14-17(21)10-13(18(14)22)12-4-2-1-3-5-12/h1-10H/b14-8-. The van der Waals surface area contributed by atoms with Gasteiger partial charge >= 0.3 is 0 Å². The molecule has 22 heavy (non-hydrogen) atoms. The number of allylic oxidation sites excluding steroid dienone is 3. The van der Waals surface area contributed by atoms with Crippen molar-refractivity contribution in [3.05, 3.63) is 81.4 Å². The van der Waals surface area contributed by atoms with Crippen LogP contribution in [0.4, 0.5) is 0 Å². The summed E-state index contributed by atoms with van der Waals surface area (Å²) in [7, 11) is 0. The molecule has 108 valence electrons. The molecule has 2 aromatic rings. The number of hydrogen-bond acceptors (Lipinski definition) is 2. The van der Waals surface area contributed by atoms with E-state index < -0.39 is 0 Å². The van der Waals surface area contributed by atoms with Crippen molar-refractivity contribution in [3.8, 4) is 0 Å². The van der Waals surface area contributed by atoms with Gasteiger partial charge in [0.2, 0.25) is 0 Å². The molecule has 0 fully saturated rings. The maximum Gasteiger partial charge on any atom is 0.197 e. The highest BCUT2D eigenvalue weighted by Crippen LogP contribution is 2.29. The van der Waals surface area contributed by atoms with Crippen LogP contribution in [0.3, 0.4) is 0 Å². The maximum atomic E-state index is 12.5. The Morgan fingerprint density at radius 1 is 0.864 bits per heavy atom.